The lowest BCUT2D eigenvalue weighted by atomic mass is 9.64. The second kappa shape index (κ2) is 9.55. The molecule has 4 aromatic carbocycles. The summed E-state index contributed by atoms with van der Waals surface area (Å²) in [5.74, 6) is -0.756. The number of ether oxygens (including phenoxy) is 2. The van der Waals surface area contributed by atoms with E-state index < -0.39 is 23.4 Å². The number of carbonyl (C=O) groups is 3. The minimum Gasteiger partial charge on any atom is -0.493 e. The van der Waals surface area contributed by atoms with Crippen molar-refractivity contribution in [3.63, 3.8) is 0 Å². The average Bonchev–Trinajstić information content (AvgIpc) is 3.46. The lowest BCUT2D eigenvalue weighted by molar-refractivity contribution is 0.0664. The number of Topliss-reactive ketones (excluding diaryl/α,β-unsaturated/α-hetero) is 3. The Balaban J connectivity index is 1.58. The van der Waals surface area contributed by atoms with Crippen molar-refractivity contribution in [2.45, 2.75) is 24.9 Å². The van der Waals surface area contributed by atoms with Gasteiger partial charge in [-0.2, -0.15) is 0 Å². The smallest absolute Gasteiger partial charge is 0.185 e. The summed E-state index contributed by atoms with van der Waals surface area (Å²) in [7, 11) is 3.08. The normalized spacial score (nSPS) is 21.2. The quantitative estimate of drug-likeness (QED) is 0.212. The van der Waals surface area contributed by atoms with Crippen LogP contribution in [0.2, 0.25) is 0 Å². The fourth-order valence-corrected chi connectivity index (χ4v) is 7.31. The Morgan fingerprint density at radius 2 is 1.45 bits per heavy atom. The second-order valence-electron chi connectivity index (χ2n) is 11.1. The van der Waals surface area contributed by atoms with Gasteiger partial charge in [-0.25, -0.2) is 0 Å². The van der Waals surface area contributed by atoms with Crippen LogP contribution in [0, 0.1) is 12.3 Å². The molecule has 0 radical (unpaired) electrons. The molecule has 6 heteroatoms. The summed E-state index contributed by atoms with van der Waals surface area (Å²) in [5, 5.41) is 0. The molecule has 4 aromatic rings. The Morgan fingerprint density at radius 1 is 0.786 bits per heavy atom. The van der Waals surface area contributed by atoms with Crippen LogP contribution in [-0.2, 0) is 0 Å². The first-order valence-corrected chi connectivity index (χ1v) is 14.0. The van der Waals surface area contributed by atoms with Crippen molar-refractivity contribution in [2.75, 3.05) is 19.1 Å². The van der Waals surface area contributed by atoms with Gasteiger partial charge in [0.25, 0.3) is 0 Å². The molecule has 7 rings (SSSR count). The number of ketones is 3. The van der Waals surface area contributed by atoms with Crippen molar-refractivity contribution >= 4 is 29.1 Å². The maximum absolute atomic E-state index is 14.8. The van der Waals surface area contributed by atoms with Crippen molar-refractivity contribution in [2.24, 2.45) is 5.41 Å². The fraction of sp³-hybridized carbons (Fsp3) is 0.194. The number of fused-ring (bicyclic) bond motifs is 5. The molecule has 42 heavy (non-hydrogen) atoms. The third kappa shape index (κ3) is 3.35. The van der Waals surface area contributed by atoms with Crippen molar-refractivity contribution < 1.29 is 23.9 Å². The SMILES string of the molecule is COc1cccc([C@@H]2[C@H](C(=O)c3ccc(C)cc3)N3c4ccccc4C=C[C@H]3C23C(=O)c2ccccc2C3=O)c1OC. The van der Waals surface area contributed by atoms with Gasteiger partial charge in [0.05, 0.1) is 20.3 Å². The van der Waals surface area contributed by atoms with E-state index in [9.17, 15) is 14.4 Å². The zero-order chi connectivity index (χ0) is 29.2. The van der Waals surface area contributed by atoms with Crippen molar-refractivity contribution in [3.8, 4) is 11.5 Å². The molecule has 0 bridgehead atoms. The maximum atomic E-state index is 14.8. The Labute approximate surface area is 244 Å². The zero-order valence-electron chi connectivity index (χ0n) is 23.5. The fourth-order valence-electron chi connectivity index (χ4n) is 7.31. The van der Waals surface area contributed by atoms with Gasteiger partial charge in [0.15, 0.2) is 28.8 Å². The van der Waals surface area contributed by atoms with Gasteiger partial charge in [-0.3, -0.25) is 14.4 Å². The van der Waals surface area contributed by atoms with Gasteiger partial charge in [0.2, 0.25) is 0 Å². The molecule has 1 spiro atoms. The number of carbonyl (C=O) groups excluding carboxylic acids is 3. The van der Waals surface area contributed by atoms with Gasteiger partial charge in [0, 0.05) is 33.9 Å². The molecule has 0 N–H and O–H groups in total. The molecule has 1 saturated heterocycles. The van der Waals surface area contributed by atoms with E-state index in [1.54, 1.807) is 37.4 Å². The number of hydrogen-bond donors (Lipinski definition) is 0. The lowest BCUT2D eigenvalue weighted by Crippen LogP contribution is -2.48. The van der Waals surface area contributed by atoms with E-state index in [2.05, 4.69) is 0 Å². The summed E-state index contributed by atoms with van der Waals surface area (Å²) >= 11 is 0. The van der Waals surface area contributed by atoms with Gasteiger partial charge >= 0.3 is 0 Å². The summed E-state index contributed by atoms with van der Waals surface area (Å²) in [6.45, 7) is 1.97. The zero-order valence-corrected chi connectivity index (χ0v) is 23.5. The molecule has 1 aliphatic carbocycles. The van der Waals surface area contributed by atoms with Crippen LogP contribution in [0.25, 0.3) is 6.08 Å². The molecule has 0 saturated carbocycles. The molecule has 0 unspecified atom stereocenters. The molecular weight excluding hydrogens is 526 g/mol. The van der Waals surface area contributed by atoms with E-state index in [4.69, 9.17) is 9.47 Å². The highest BCUT2D eigenvalue weighted by molar-refractivity contribution is 6.32. The standard InChI is InChI=1S/C36H29NO5/c1-21-15-17-23(18-16-21)32(38)31-30(26-12-8-14-28(41-2)33(26)42-3)36(34(39)24-10-5-6-11-25(24)35(36)40)29-20-19-22-9-4-7-13-27(22)37(29)31/h4-20,29-31H,1-3H3/t29-,30+,31+/m0/s1. The first-order valence-electron chi connectivity index (χ1n) is 14.0. The Kier molecular flexibility index (Phi) is 5.91. The van der Waals surface area contributed by atoms with Crippen LogP contribution in [0.15, 0.2) is 97.1 Å². The van der Waals surface area contributed by atoms with Gasteiger partial charge in [-0.15, -0.1) is 0 Å². The van der Waals surface area contributed by atoms with Crippen LogP contribution in [0.3, 0.4) is 0 Å². The molecule has 2 aliphatic heterocycles. The number of para-hydroxylation sites is 2. The summed E-state index contributed by atoms with van der Waals surface area (Å²) in [4.78, 5) is 46.5. The number of rotatable bonds is 5. The first-order chi connectivity index (χ1) is 20.4. The Morgan fingerprint density at radius 3 is 2.12 bits per heavy atom. The van der Waals surface area contributed by atoms with Crippen LogP contribution in [0.4, 0.5) is 5.69 Å². The summed E-state index contributed by atoms with van der Waals surface area (Å²) in [6.07, 6.45) is 3.88. The van der Waals surface area contributed by atoms with Crippen LogP contribution in [-0.4, -0.2) is 43.7 Å². The molecule has 208 valence electrons. The van der Waals surface area contributed by atoms with E-state index in [0.717, 1.165) is 16.8 Å². The summed E-state index contributed by atoms with van der Waals surface area (Å²) in [5.41, 5.74) is 2.98. The number of methoxy groups -OCH3 is 2. The van der Waals surface area contributed by atoms with E-state index in [0.29, 0.717) is 33.8 Å². The van der Waals surface area contributed by atoms with Gasteiger partial charge < -0.3 is 14.4 Å². The highest BCUT2D eigenvalue weighted by Gasteiger charge is 2.72. The average molecular weight is 556 g/mol. The lowest BCUT2D eigenvalue weighted by Gasteiger charge is -2.37. The second-order valence-corrected chi connectivity index (χ2v) is 11.1. The summed E-state index contributed by atoms with van der Waals surface area (Å²) < 4.78 is 11.6. The molecule has 2 heterocycles. The van der Waals surface area contributed by atoms with Gasteiger partial charge in [-0.1, -0.05) is 96.6 Å². The molecular formula is C36H29NO5. The molecule has 3 aliphatic rings. The molecule has 6 nitrogen and oxygen atoms in total. The number of hydrogen-bond acceptors (Lipinski definition) is 6. The minimum absolute atomic E-state index is 0.173. The van der Waals surface area contributed by atoms with Crippen molar-refractivity contribution in [1.82, 2.24) is 0 Å². The third-order valence-corrected chi connectivity index (χ3v) is 9.09. The van der Waals surface area contributed by atoms with Gasteiger partial charge in [-0.05, 0) is 24.6 Å². The molecule has 3 atom stereocenters. The highest BCUT2D eigenvalue weighted by atomic mass is 16.5. The van der Waals surface area contributed by atoms with Crippen LogP contribution in [0.5, 0.6) is 11.5 Å². The number of anilines is 1. The molecule has 1 fully saturated rings. The Bertz CT molecular complexity index is 1770. The summed E-state index contributed by atoms with van der Waals surface area (Å²) in [6, 6.07) is 26.0. The predicted octanol–water partition coefficient (Wildman–Crippen LogP) is 6.33. The number of aryl methyl sites for hydroxylation is 1. The van der Waals surface area contributed by atoms with E-state index in [-0.39, 0.29) is 17.3 Å². The van der Waals surface area contributed by atoms with Crippen LogP contribution in [0.1, 0.15) is 53.7 Å². The largest absolute Gasteiger partial charge is 0.493 e. The number of benzene rings is 4. The number of nitrogens with zero attached hydrogens (tertiary/aromatic N) is 1. The van der Waals surface area contributed by atoms with Crippen molar-refractivity contribution in [3.05, 3.63) is 130 Å². The van der Waals surface area contributed by atoms with Crippen LogP contribution >= 0.6 is 0 Å². The van der Waals surface area contributed by atoms with Gasteiger partial charge in [0.1, 0.15) is 11.5 Å². The van der Waals surface area contributed by atoms with E-state index in [1.807, 2.05) is 84.6 Å². The highest BCUT2D eigenvalue weighted by Crippen LogP contribution is 2.62. The Hall–Kier alpha value is -4.97. The van der Waals surface area contributed by atoms with Crippen LogP contribution < -0.4 is 14.4 Å². The molecule has 0 aromatic heterocycles. The monoisotopic (exact) mass is 555 g/mol. The van der Waals surface area contributed by atoms with E-state index in [1.165, 1.54) is 7.11 Å². The maximum Gasteiger partial charge on any atom is 0.185 e. The molecule has 0 amide bonds. The van der Waals surface area contributed by atoms with E-state index >= 15 is 0 Å². The predicted molar refractivity (Wildman–Crippen MR) is 161 cm³/mol. The topological polar surface area (TPSA) is 72.9 Å². The van der Waals surface area contributed by atoms with Crippen molar-refractivity contribution in [1.29, 1.82) is 0 Å². The minimum atomic E-state index is -1.61. The first kappa shape index (κ1) is 26.0. The third-order valence-electron chi connectivity index (χ3n) is 9.09.